The molecule has 1 heterocycles. The van der Waals surface area contributed by atoms with Gasteiger partial charge in [-0.1, -0.05) is 6.07 Å². The first kappa shape index (κ1) is 21.1. The number of fused-ring (bicyclic) bond motifs is 5. The summed E-state index contributed by atoms with van der Waals surface area (Å²) < 4.78 is 4.98. The van der Waals surface area contributed by atoms with Gasteiger partial charge in [0, 0.05) is 5.69 Å². The standard InChI is InChI=1S/C21H22Cl2N2O5/c1-9-3-10(2)5-11(4-9)24-14(26)8-30-15(27)7-25-20(28)16-12-6-13(17(16)21(25)29)19(23)18(12)22/h3-5,12-13,16-19H,6-8H2,1-2H3,(H,24,26)/t12-,13-,16-,17-,18-,19+/m1/s1. The van der Waals surface area contributed by atoms with Crippen molar-refractivity contribution in [3.63, 3.8) is 0 Å². The Morgan fingerprint density at radius 3 is 2.10 bits per heavy atom. The third-order valence-electron chi connectivity index (χ3n) is 6.24. The van der Waals surface area contributed by atoms with Crippen LogP contribution in [0.1, 0.15) is 17.5 Å². The predicted molar refractivity (Wildman–Crippen MR) is 110 cm³/mol. The van der Waals surface area contributed by atoms with Crippen LogP contribution in [-0.4, -0.2) is 52.5 Å². The second-order valence-corrected chi connectivity index (χ2v) is 9.36. The molecule has 6 atom stereocenters. The first-order chi connectivity index (χ1) is 14.2. The number of carbonyl (C=O) groups is 4. The summed E-state index contributed by atoms with van der Waals surface area (Å²) in [6, 6.07) is 5.57. The lowest BCUT2D eigenvalue weighted by atomic mass is 9.80. The highest BCUT2D eigenvalue weighted by atomic mass is 35.5. The summed E-state index contributed by atoms with van der Waals surface area (Å²) in [6.45, 7) is 2.80. The van der Waals surface area contributed by atoms with E-state index >= 15 is 0 Å². The molecule has 0 aromatic heterocycles. The van der Waals surface area contributed by atoms with Gasteiger partial charge in [-0.05, 0) is 55.4 Å². The molecule has 0 radical (unpaired) electrons. The van der Waals surface area contributed by atoms with Gasteiger partial charge in [0.1, 0.15) is 6.54 Å². The van der Waals surface area contributed by atoms with Crippen LogP contribution in [0.4, 0.5) is 5.69 Å². The summed E-state index contributed by atoms with van der Waals surface area (Å²) in [5.74, 6) is -3.44. The molecule has 1 aliphatic heterocycles. The minimum atomic E-state index is -0.815. The van der Waals surface area contributed by atoms with E-state index < -0.39 is 48.7 Å². The molecule has 2 saturated carbocycles. The van der Waals surface area contributed by atoms with Crippen LogP contribution in [0.5, 0.6) is 0 Å². The zero-order chi connectivity index (χ0) is 21.7. The van der Waals surface area contributed by atoms with Crippen molar-refractivity contribution in [2.75, 3.05) is 18.5 Å². The number of nitrogens with zero attached hydrogens (tertiary/aromatic N) is 1. The number of rotatable bonds is 5. The van der Waals surface area contributed by atoms with Crippen molar-refractivity contribution in [3.8, 4) is 0 Å². The Morgan fingerprint density at radius 1 is 1.03 bits per heavy atom. The van der Waals surface area contributed by atoms with E-state index in [9.17, 15) is 19.2 Å². The van der Waals surface area contributed by atoms with Crippen LogP contribution in [0.25, 0.3) is 0 Å². The number of alkyl halides is 2. The molecule has 3 fully saturated rings. The van der Waals surface area contributed by atoms with Gasteiger partial charge in [0.25, 0.3) is 5.91 Å². The van der Waals surface area contributed by atoms with Crippen molar-refractivity contribution in [3.05, 3.63) is 29.3 Å². The quantitative estimate of drug-likeness (QED) is 0.420. The second-order valence-electron chi connectivity index (χ2n) is 8.35. The van der Waals surface area contributed by atoms with Gasteiger partial charge in [-0.25, -0.2) is 0 Å². The van der Waals surface area contributed by atoms with Gasteiger partial charge in [0.05, 0.1) is 22.6 Å². The van der Waals surface area contributed by atoms with Gasteiger partial charge in [-0.2, -0.15) is 0 Å². The Labute approximate surface area is 184 Å². The molecule has 1 N–H and O–H groups in total. The molecule has 160 valence electrons. The highest BCUT2D eigenvalue weighted by Crippen LogP contribution is 2.59. The Kier molecular flexibility index (Phi) is 5.53. The molecular formula is C21H22Cl2N2O5. The van der Waals surface area contributed by atoms with Crippen molar-refractivity contribution in [2.24, 2.45) is 23.7 Å². The largest absolute Gasteiger partial charge is 0.454 e. The van der Waals surface area contributed by atoms with Gasteiger partial charge in [-0.15, -0.1) is 23.2 Å². The number of amides is 3. The molecule has 1 aromatic rings. The van der Waals surface area contributed by atoms with Crippen molar-refractivity contribution < 1.29 is 23.9 Å². The van der Waals surface area contributed by atoms with E-state index in [4.69, 9.17) is 27.9 Å². The highest BCUT2D eigenvalue weighted by Gasteiger charge is 2.66. The van der Waals surface area contributed by atoms with Crippen LogP contribution >= 0.6 is 23.2 Å². The average Bonchev–Trinajstić information content (AvgIpc) is 3.26. The van der Waals surface area contributed by atoms with Crippen LogP contribution in [0.3, 0.4) is 0 Å². The molecule has 3 amide bonds. The number of halogens is 2. The predicted octanol–water partition coefficient (Wildman–Crippen LogP) is 2.25. The lowest BCUT2D eigenvalue weighted by Crippen LogP contribution is -2.38. The zero-order valence-electron chi connectivity index (χ0n) is 16.6. The van der Waals surface area contributed by atoms with Crippen LogP contribution in [-0.2, 0) is 23.9 Å². The second kappa shape index (κ2) is 7.85. The van der Waals surface area contributed by atoms with E-state index in [1.807, 2.05) is 19.9 Å². The summed E-state index contributed by atoms with van der Waals surface area (Å²) in [4.78, 5) is 50.6. The normalized spacial score (nSPS) is 31.8. The number of likely N-dealkylation sites (tertiary alicyclic amines) is 1. The molecule has 9 heteroatoms. The van der Waals surface area contributed by atoms with Gasteiger partial charge >= 0.3 is 5.97 Å². The molecule has 1 aromatic carbocycles. The number of anilines is 1. The van der Waals surface area contributed by atoms with E-state index in [0.717, 1.165) is 16.0 Å². The maximum atomic E-state index is 12.7. The Hall–Kier alpha value is -2.12. The first-order valence-corrected chi connectivity index (χ1v) is 10.7. The molecule has 30 heavy (non-hydrogen) atoms. The topological polar surface area (TPSA) is 92.8 Å². The number of carbonyl (C=O) groups excluding carboxylic acids is 4. The lowest BCUT2D eigenvalue weighted by molar-refractivity contribution is -0.154. The number of nitrogens with one attached hydrogen (secondary N) is 1. The fourth-order valence-corrected chi connectivity index (χ4v) is 6.02. The minimum absolute atomic E-state index is 0.148. The Bertz CT molecular complexity index is 884. The molecule has 7 nitrogen and oxygen atoms in total. The van der Waals surface area contributed by atoms with Crippen LogP contribution in [0.15, 0.2) is 18.2 Å². The summed E-state index contributed by atoms with van der Waals surface area (Å²) >= 11 is 12.6. The number of hydrogen-bond acceptors (Lipinski definition) is 5. The number of hydrogen-bond donors (Lipinski definition) is 1. The molecule has 1 saturated heterocycles. The van der Waals surface area contributed by atoms with Crippen molar-refractivity contribution in [1.29, 1.82) is 0 Å². The maximum absolute atomic E-state index is 12.7. The Morgan fingerprint density at radius 2 is 1.57 bits per heavy atom. The highest BCUT2D eigenvalue weighted by molar-refractivity contribution is 6.31. The summed E-state index contributed by atoms with van der Waals surface area (Å²) in [6.07, 6.45) is 0.659. The number of aryl methyl sites for hydroxylation is 2. The fraction of sp³-hybridized carbons (Fsp3) is 0.524. The van der Waals surface area contributed by atoms with Crippen molar-refractivity contribution in [1.82, 2.24) is 4.90 Å². The molecule has 3 aliphatic rings. The molecule has 0 unspecified atom stereocenters. The fourth-order valence-electron chi connectivity index (χ4n) is 5.13. The number of esters is 1. The summed E-state index contributed by atoms with van der Waals surface area (Å²) in [5, 5.41) is 1.96. The summed E-state index contributed by atoms with van der Waals surface area (Å²) in [7, 11) is 0. The molecule has 4 rings (SSSR count). The average molecular weight is 453 g/mol. The number of benzene rings is 1. The zero-order valence-corrected chi connectivity index (χ0v) is 18.1. The smallest absolute Gasteiger partial charge is 0.326 e. The van der Waals surface area contributed by atoms with Gasteiger partial charge in [0.15, 0.2) is 6.61 Å². The molecule has 2 aliphatic carbocycles. The Balaban J connectivity index is 1.32. The van der Waals surface area contributed by atoms with Crippen LogP contribution < -0.4 is 5.32 Å². The first-order valence-electron chi connectivity index (χ1n) is 9.84. The van der Waals surface area contributed by atoms with E-state index in [2.05, 4.69) is 5.32 Å². The van der Waals surface area contributed by atoms with Crippen molar-refractivity contribution in [2.45, 2.75) is 31.0 Å². The maximum Gasteiger partial charge on any atom is 0.326 e. The van der Waals surface area contributed by atoms with E-state index in [0.29, 0.717) is 12.1 Å². The minimum Gasteiger partial charge on any atom is -0.454 e. The van der Waals surface area contributed by atoms with Crippen molar-refractivity contribution >= 4 is 52.6 Å². The molecular weight excluding hydrogens is 431 g/mol. The third kappa shape index (κ3) is 3.58. The summed E-state index contributed by atoms with van der Waals surface area (Å²) in [5.41, 5.74) is 2.59. The molecule has 2 bridgehead atoms. The van der Waals surface area contributed by atoms with Gasteiger partial charge in [-0.3, -0.25) is 24.1 Å². The van der Waals surface area contributed by atoms with Crippen LogP contribution in [0, 0.1) is 37.5 Å². The van der Waals surface area contributed by atoms with E-state index in [1.165, 1.54) is 0 Å². The SMILES string of the molecule is Cc1cc(C)cc(NC(=O)COC(=O)CN2C(=O)[C@@H]3[C@H]4C[C@@H]([C@@H](Cl)[C@H]4Cl)[C@H]3C2=O)c1. The number of ether oxygens (including phenoxy) is 1. The van der Waals surface area contributed by atoms with Crippen LogP contribution in [0.2, 0.25) is 0 Å². The monoisotopic (exact) mass is 452 g/mol. The molecule has 0 spiro atoms. The lowest BCUT2D eigenvalue weighted by Gasteiger charge is -2.28. The third-order valence-corrected chi connectivity index (χ3v) is 7.55. The number of imide groups is 1. The van der Waals surface area contributed by atoms with Gasteiger partial charge in [0.2, 0.25) is 11.8 Å². The van der Waals surface area contributed by atoms with Gasteiger partial charge < -0.3 is 10.1 Å². The van der Waals surface area contributed by atoms with E-state index in [-0.39, 0.29) is 22.6 Å². The van der Waals surface area contributed by atoms with E-state index in [1.54, 1.807) is 12.1 Å².